The van der Waals surface area contributed by atoms with Crippen LogP contribution in [0.25, 0.3) is 0 Å². The van der Waals surface area contributed by atoms with Crippen molar-refractivity contribution in [3.05, 3.63) is 52.4 Å². The lowest BCUT2D eigenvalue weighted by molar-refractivity contribution is 0.178. The average Bonchev–Trinajstić information content (AvgIpc) is 2.92. The normalized spacial score (nSPS) is 16.9. The van der Waals surface area contributed by atoms with Crippen molar-refractivity contribution in [1.29, 1.82) is 0 Å². The van der Waals surface area contributed by atoms with Gasteiger partial charge in [0.15, 0.2) is 0 Å². The van der Waals surface area contributed by atoms with E-state index >= 15 is 0 Å². The number of hydrogen-bond donors (Lipinski definition) is 1. The summed E-state index contributed by atoms with van der Waals surface area (Å²) in [5.41, 5.74) is 1.24. The van der Waals surface area contributed by atoms with Gasteiger partial charge >= 0.3 is 0 Å². The summed E-state index contributed by atoms with van der Waals surface area (Å²) in [6.45, 7) is 7.28. The predicted octanol–water partition coefficient (Wildman–Crippen LogP) is 3.74. The fourth-order valence-corrected chi connectivity index (χ4v) is 4.60. The smallest absolute Gasteiger partial charge is 0.240 e. The molecular formula is C19H25ClN2O3S. The SMILES string of the molecule is Cc1cc(CN2CCC(CNS(=O)(=O)c3ccc(Cl)cc3)CC2)c(C)o1. The van der Waals surface area contributed by atoms with Crippen molar-refractivity contribution in [2.75, 3.05) is 19.6 Å². The number of nitrogens with zero attached hydrogens (tertiary/aromatic N) is 1. The lowest BCUT2D eigenvalue weighted by Gasteiger charge is -2.31. The number of piperidine rings is 1. The summed E-state index contributed by atoms with van der Waals surface area (Å²) in [5.74, 6) is 2.30. The molecule has 0 atom stereocenters. The molecule has 0 bridgehead atoms. The van der Waals surface area contributed by atoms with E-state index in [1.165, 1.54) is 17.7 Å². The molecule has 1 N–H and O–H groups in total. The van der Waals surface area contributed by atoms with E-state index in [0.717, 1.165) is 44.0 Å². The van der Waals surface area contributed by atoms with Gasteiger partial charge in [0.25, 0.3) is 0 Å². The standard InChI is InChI=1S/C19H25ClN2O3S/c1-14-11-17(15(2)25-14)13-22-9-7-16(8-10-22)12-21-26(23,24)19-5-3-18(20)4-6-19/h3-6,11,16,21H,7-10,12-13H2,1-2H3. The van der Waals surface area contributed by atoms with Crippen LogP contribution in [0.15, 0.2) is 39.6 Å². The van der Waals surface area contributed by atoms with Gasteiger partial charge in [-0.3, -0.25) is 4.90 Å². The summed E-state index contributed by atoms with van der Waals surface area (Å²) >= 11 is 5.82. The highest BCUT2D eigenvalue weighted by Crippen LogP contribution is 2.22. The van der Waals surface area contributed by atoms with E-state index in [2.05, 4.69) is 15.7 Å². The van der Waals surface area contributed by atoms with E-state index in [0.29, 0.717) is 17.5 Å². The third kappa shape index (κ3) is 4.88. The van der Waals surface area contributed by atoms with Crippen molar-refractivity contribution in [2.45, 2.75) is 38.1 Å². The number of nitrogens with one attached hydrogen (secondary N) is 1. The first-order valence-electron chi connectivity index (χ1n) is 8.87. The zero-order valence-corrected chi connectivity index (χ0v) is 16.7. The highest BCUT2D eigenvalue weighted by molar-refractivity contribution is 7.89. The number of rotatable bonds is 6. The molecule has 7 heteroatoms. The zero-order chi connectivity index (χ0) is 18.7. The minimum atomic E-state index is -3.48. The predicted molar refractivity (Wildman–Crippen MR) is 103 cm³/mol. The van der Waals surface area contributed by atoms with Gasteiger partial charge in [0.1, 0.15) is 11.5 Å². The minimum Gasteiger partial charge on any atom is -0.466 e. The Kier molecular flexibility index (Phi) is 6.07. The molecule has 1 fully saturated rings. The molecule has 1 aliphatic rings. The van der Waals surface area contributed by atoms with E-state index in [4.69, 9.17) is 16.0 Å². The maximum Gasteiger partial charge on any atom is 0.240 e. The minimum absolute atomic E-state index is 0.255. The van der Waals surface area contributed by atoms with Gasteiger partial charge in [-0.25, -0.2) is 13.1 Å². The molecule has 1 aromatic heterocycles. The average molecular weight is 397 g/mol. The second-order valence-electron chi connectivity index (χ2n) is 6.96. The summed E-state index contributed by atoms with van der Waals surface area (Å²) in [7, 11) is -3.48. The Morgan fingerprint density at radius 3 is 2.42 bits per heavy atom. The molecule has 26 heavy (non-hydrogen) atoms. The van der Waals surface area contributed by atoms with E-state index in [-0.39, 0.29) is 4.90 Å². The molecule has 2 aromatic rings. The molecule has 0 saturated carbocycles. The number of hydrogen-bond acceptors (Lipinski definition) is 4. The van der Waals surface area contributed by atoms with Crippen LogP contribution in [0.3, 0.4) is 0 Å². The topological polar surface area (TPSA) is 62.6 Å². The van der Waals surface area contributed by atoms with Gasteiger partial charge in [0.2, 0.25) is 10.0 Å². The Labute approximate surface area is 160 Å². The van der Waals surface area contributed by atoms with Crippen LogP contribution >= 0.6 is 11.6 Å². The van der Waals surface area contributed by atoms with Crippen LogP contribution in [0.1, 0.15) is 29.9 Å². The summed E-state index contributed by atoms with van der Waals surface area (Å²) < 4.78 is 33.0. The Morgan fingerprint density at radius 2 is 1.85 bits per heavy atom. The third-order valence-corrected chi connectivity index (χ3v) is 6.62. The summed E-state index contributed by atoms with van der Waals surface area (Å²) in [6.07, 6.45) is 1.97. The first-order chi connectivity index (χ1) is 12.3. The van der Waals surface area contributed by atoms with Crippen LogP contribution in [0, 0.1) is 19.8 Å². The first-order valence-corrected chi connectivity index (χ1v) is 10.7. The van der Waals surface area contributed by atoms with Gasteiger partial charge in [0.05, 0.1) is 4.90 Å². The molecule has 3 rings (SSSR count). The fourth-order valence-electron chi connectivity index (χ4n) is 3.35. The Morgan fingerprint density at radius 1 is 1.19 bits per heavy atom. The molecular weight excluding hydrogens is 372 g/mol. The summed E-state index contributed by atoms with van der Waals surface area (Å²) in [4.78, 5) is 2.66. The monoisotopic (exact) mass is 396 g/mol. The second-order valence-corrected chi connectivity index (χ2v) is 9.17. The van der Waals surface area contributed by atoms with Crippen LogP contribution in [-0.2, 0) is 16.6 Å². The van der Waals surface area contributed by atoms with Crippen molar-refractivity contribution >= 4 is 21.6 Å². The highest BCUT2D eigenvalue weighted by atomic mass is 35.5. The van der Waals surface area contributed by atoms with Gasteiger partial charge in [-0.2, -0.15) is 0 Å². The molecule has 142 valence electrons. The van der Waals surface area contributed by atoms with Gasteiger partial charge in [-0.05, 0) is 76.0 Å². The Bertz CT molecular complexity index is 838. The highest BCUT2D eigenvalue weighted by Gasteiger charge is 2.22. The number of halogens is 1. The van der Waals surface area contributed by atoms with Crippen molar-refractivity contribution in [2.24, 2.45) is 5.92 Å². The lowest BCUT2D eigenvalue weighted by atomic mass is 9.97. The summed E-state index contributed by atoms with van der Waals surface area (Å²) in [5, 5.41) is 0.527. The van der Waals surface area contributed by atoms with E-state index in [9.17, 15) is 8.42 Å². The van der Waals surface area contributed by atoms with Crippen LogP contribution in [-0.4, -0.2) is 33.0 Å². The number of sulfonamides is 1. The lowest BCUT2D eigenvalue weighted by Crippen LogP contribution is -2.38. The van der Waals surface area contributed by atoms with E-state index < -0.39 is 10.0 Å². The molecule has 1 aromatic carbocycles. The molecule has 0 amide bonds. The molecule has 0 spiro atoms. The van der Waals surface area contributed by atoms with Crippen molar-refractivity contribution < 1.29 is 12.8 Å². The van der Waals surface area contributed by atoms with Crippen LogP contribution in [0.5, 0.6) is 0 Å². The molecule has 2 heterocycles. The van der Waals surface area contributed by atoms with Crippen molar-refractivity contribution in [3.63, 3.8) is 0 Å². The number of benzene rings is 1. The summed E-state index contributed by atoms with van der Waals surface area (Å²) in [6, 6.07) is 8.34. The van der Waals surface area contributed by atoms with Crippen molar-refractivity contribution in [1.82, 2.24) is 9.62 Å². The maximum atomic E-state index is 12.4. The van der Waals surface area contributed by atoms with E-state index in [1.54, 1.807) is 12.1 Å². The maximum absolute atomic E-state index is 12.4. The largest absolute Gasteiger partial charge is 0.466 e. The number of furan rings is 1. The van der Waals surface area contributed by atoms with Crippen LogP contribution < -0.4 is 4.72 Å². The zero-order valence-electron chi connectivity index (χ0n) is 15.2. The molecule has 0 radical (unpaired) electrons. The van der Waals surface area contributed by atoms with Crippen LogP contribution in [0.4, 0.5) is 0 Å². The number of aryl methyl sites for hydroxylation is 2. The molecule has 1 saturated heterocycles. The van der Waals surface area contributed by atoms with Gasteiger partial charge < -0.3 is 4.42 Å². The Hall–Kier alpha value is -1.34. The Balaban J connectivity index is 1.48. The van der Waals surface area contributed by atoms with Crippen molar-refractivity contribution in [3.8, 4) is 0 Å². The molecule has 0 unspecified atom stereocenters. The van der Waals surface area contributed by atoms with Gasteiger partial charge in [-0.15, -0.1) is 0 Å². The fraction of sp³-hybridized carbons (Fsp3) is 0.474. The molecule has 5 nitrogen and oxygen atoms in total. The quantitative estimate of drug-likeness (QED) is 0.807. The van der Waals surface area contributed by atoms with E-state index in [1.807, 2.05) is 13.8 Å². The third-order valence-electron chi connectivity index (χ3n) is 4.93. The number of likely N-dealkylation sites (tertiary alicyclic amines) is 1. The van der Waals surface area contributed by atoms with Gasteiger partial charge in [0, 0.05) is 23.7 Å². The molecule has 1 aliphatic heterocycles. The van der Waals surface area contributed by atoms with Gasteiger partial charge in [-0.1, -0.05) is 11.6 Å². The molecule has 0 aliphatic carbocycles. The van der Waals surface area contributed by atoms with Crippen LogP contribution in [0.2, 0.25) is 5.02 Å². The second kappa shape index (κ2) is 8.13. The first kappa shape index (κ1) is 19.4.